The third-order valence-electron chi connectivity index (χ3n) is 4.32. The highest BCUT2D eigenvalue weighted by molar-refractivity contribution is 5.82. The zero-order chi connectivity index (χ0) is 16.5. The first-order valence-corrected chi connectivity index (χ1v) is 8.05. The van der Waals surface area contributed by atoms with Crippen molar-refractivity contribution in [2.24, 2.45) is 0 Å². The van der Waals surface area contributed by atoms with Crippen molar-refractivity contribution in [1.29, 1.82) is 0 Å². The molecule has 0 aliphatic carbocycles. The molecule has 2 aromatic carbocycles. The van der Waals surface area contributed by atoms with Gasteiger partial charge in [-0.05, 0) is 30.2 Å². The summed E-state index contributed by atoms with van der Waals surface area (Å²) < 4.78 is 16.3. The van der Waals surface area contributed by atoms with Crippen molar-refractivity contribution in [2.45, 2.75) is 19.4 Å². The monoisotopic (exact) mass is 322 g/mol. The molecule has 2 heterocycles. The molecule has 0 spiro atoms. The number of fused-ring (bicyclic) bond motifs is 1. The number of benzene rings is 2. The minimum Gasteiger partial charge on any atom is -0.491 e. The van der Waals surface area contributed by atoms with Crippen LogP contribution in [-0.4, -0.2) is 19.3 Å². The van der Waals surface area contributed by atoms with E-state index >= 15 is 0 Å². The van der Waals surface area contributed by atoms with Crippen LogP contribution in [0.25, 0.3) is 11.0 Å². The maximum Gasteiger partial charge on any atom is 0.340 e. The van der Waals surface area contributed by atoms with Gasteiger partial charge in [0.15, 0.2) is 0 Å². The molecule has 1 atom stereocenters. The third kappa shape index (κ3) is 3.05. The summed E-state index contributed by atoms with van der Waals surface area (Å²) in [6.07, 6.45) is 0.769. The predicted octanol–water partition coefficient (Wildman–Crippen LogP) is 3.47. The van der Waals surface area contributed by atoms with Crippen molar-refractivity contribution in [2.75, 3.05) is 13.2 Å². The van der Waals surface area contributed by atoms with Crippen molar-refractivity contribution in [3.63, 3.8) is 0 Å². The van der Waals surface area contributed by atoms with Gasteiger partial charge < -0.3 is 13.9 Å². The van der Waals surface area contributed by atoms with Gasteiger partial charge in [-0.2, -0.15) is 0 Å². The van der Waals surface area contributed by atoms with E-state index in [1.54, 1.807) is 6.07 Å². The molecule has 122 valence electrons. The molecule has 1 saturated heterocycles. The molecule has 3 aromatic rings. The lowest BCUT2D eigenvalue weighted by Crippen LogP contribution is -2.11. The highest BCUT2D eigenvalue weighted by Gasteiger charge is 2.23. The third-order valence-corrected chi connectivity index (χ3v) is 4.32. The van der Waals surface area contributed by atoms with Crippen LogP contribution in [0.2, 0.25) is 0 Å². The fourth-order valence-electron chi connectivity index (χ4n) is 2.82. The highest BCUT2D eigenvalue weighted by Crippen LogP contribution is 2.25. The molecule has 1 fully saturated rings. The van der Waals surface area contributed by atoms with Crippen LogP contribution in [0.5, 0.6) is 5.75 Å². The van der Waals surface area contributed by atoms with E-state index in [1.165, 1.54) is 0 Å². The summed E-state index contributed by atoms with van der Waals surface area (Å²) in [4.78, 5) is 12.4. The summed E-state index contributed by atoms with van der Waals surface area (Å²) in [7, 11) is 0. The molecule has 24 heavy (non-hydrogen) atoms. The Hall–Kier alpha value is -2.59. The summed E-state index contributed by atoms with van der Waals surface area (Å²) >= 11 is 0. The normalized spacial score (nSPS) is 16.3. The predicted molar refractivity (Wildman–Crippen MR) is 91.7 cm³/mol. The topological polar surface area (TPSA) is 52.0 Å². The first-order valence-electron chi connectivity index (χ1n) is 8.05. The molecule has 0 bridgehead atoms. The zero-order valence-electron chi connectivity index (χ0n) is 13.5. The minimum atomic E-state index is -0.286. The van der Waals surface area contributed by atoms with E-state index in [0.29, 0.717) is 29.9 Å². The molecule has 1 unspecified atom stereocenters. The van der Waals surface area contributed by atoms with Gasteiger partial charge in [-0.15, -0.1) is 0 Å². The van der Waals surface area contributed by atoms with Crippen molar-refractivity contribution >= 4 is 11.0 Å². The van der Waals surface area contributed by atoms with Crippen LogP contribution >= 0.6 is 0 Å². The SMILES string of the molecule is Cc1c(Cc2ccccc2)c(=O)oc2cc(OCC3CO3)ccc12. The van der Waals surface area contributed by atoms with Gasteiger partial charge in [0.1, 0.15) is 24.0 Å². The summed E-state index contributed by atoms with van der Waals surface area (Å²) in [5, 5.41) is 0.940. The van der Waals surface area contributed by atoms with Crippen molar-refractivity contribution in [1.82, 2.24) is 0 Å². The van der Waals surface area contributed by atoms with E-state index in [4.69, 9.17) is 13.9 Å². The molecule has 1 aromatic heterocycles. The summed E-state index contributed by atoms with van der Waals surface area (Å²) in [5.41, 5.74) is 3.03. The molecule has 1 aliphatic heterocycles. The number of aryl methyl sites for hydroxylation is 1. The molecule has 0 radical (unpaired) electrons. The zero-order valence-corrected chi connectivity index (χ0v) is 13.5. The Morgan fingerprint density at radius 1 is 1.17 bits per heavy atom. The second-order valence-electron chi connectivity index (χ2n) is 6.08. The Balaban J connectivity index is 1.68. The number of epoxide rings is 1. The van der Waals surface area contributed by atoms with Crippen LogP contribution in [0.1, 0.15) is 16.7 Å². The van der Waals surface area contributed by atoms with E-state index in [0.717, 1.165) is 23.1 Å². The molecule has 0 saturated carbocycles. The number of rotatable bonds is 5. The molecule has 0 N–H and O–H groups in total. The van der Waals surface area contributed by atoms with Crippen LogP contribution in [0, 0.1) is 6.92 Å². The largest absolute Gasteiger partial charge is 0.491 e. The van der Waals surface area contributed by atoms with E-state index < -0.39 is 0 Å². The molecule has 0 amide bonds. The molecule has 4 nitrogen and oxygen atoms in total. The molecule has 4 rings (SSSR count). The smallest absolute Gasteiger partial charge is 0.340 e. The van der Waals surface area contributed by atoms with Crippen molar-refractivity contribution < 1.29 is 13.9 Å². The van der Waals surface area contributed by atoms with Crippen molar-refractivity contribution in [3.8, 4) is 5.75 Å². The number of hydrogen-bond acceptors (Lipinski definition) is 4. The minimum absolute atomic E-state index is 0.197. The molecular weight excluding hydrogens is 304 g/mol. The van der Waals surface area contributed by atoms with Crippen LogP contribution in [-0.2, 0) is 11.2 Å². The van der Waals surface area contributed by atoms with Crippen molar-refractivity contribution in [3.05, 3.63) is 75.6 Å². The lowest BCUT2D eigenvalue weighted by Gasteiger charge is -2.10. The van der Waals surface area contributed by atoms with E-state index in [1.807, 2.05) is 49.4 Å². The lowest BCUT2D eigenvalue weighted by atomic mass is 10.00. The average Bonchev–Trinajstić information content (AvgIpc) is 3.42. The van der Waals surface area contributed by atoms with E-state index in [9.17, 15) is 4.79 Å². The molecule has 1 aliphatic rings. The Bertz CT molecular complexity index is 924. The van der Waals surface area contributed by atoms with Crippen LogP contribution < -0.4 is 10.4 Å². The molecular formula is C20H18O4. The van der Waals surface area contributed by atoms with Gasteiger partial charge in [-0.1, -0.05) is 30.3 Å². The Kier molecular flexibility index (Phi) is 3.82. The van der Waals surface area contributed by atoms with Gasteiger partial charge in [0, 0.05) is 23.4 Å². The number of hydrogen-bond donors (Lipinski definition) is 0. The lowest BCUT2D eigenvalue weighted by molar-refractivity contribution is 0.263. The maximum absolute atomic E-state index is 12.4. The van der Waals surface area contributed by atoms with E-state index in [2.05, 4.69) is 0 Å². The fraction of sp³-hybridized carbons (Fsp3) is 0.250. The van der Waals surface area contributed by atoms with Crippen LogP contribution in [0.4, 0.5) is 0 Å². The Morgan fingerprint density at radius 3 is 2.71 bits per heavy atom. The van der Waals surface area contributed by atoms with Gasteiger partial charge in [0.2, 0.25) is 0 Å². The van der Waals surface area contributed by atoms with Gasteiger partial charge in [-0.3, -0.25) is 0 Å². The van der Waals surface area contributed by atoms with E-state index in [-0.39, 0.29) is 11.7 Å². The summed E-state index contributed by atoms with van der Waals surface area (Å²) in [5.74, 6) is 0.691. The summed E-state index contributed by atoms with van der Waals surface area (Å²) in [6, 6.07) is 15.6. The van der Waals surface area contributed by atoms with Crippen LogP contribution in [0.15, 0.2) is 57.7 Å². The Labute approximate surface area is 139 Å². The highest BCUT2D eigenvalue weighted by atomic mass is 16.6. The standard InChI is InChI=1S/C20H18O4/c1-13-17-8-7-15(22-11-16-12-23-16)10-19(17)24-20(21)18(13)9-14-5-3-2-4-6-14/h2-8,10,16H,9,11-12H2,1H3. The average molecular weight is 322 g/mol. The number of ether oxygens (including phenoxy) is 2. The first-order chi connectivity index (χ1) is 11.7. The second kappa shape index (κ2) is 6.13. The fourth-order valence-corrected chi connectivity index (χ4v) is 2.82. The quantitative estimate of drug-likeness (QED) is 0.533. The van der Waals surface area contributed by atoms with Gasteiger partial charge in [0.25, 0.3) is 0 Å². The maximum atomic E-state index is 12.4. The van der Waals surface area contributed by atoms with Gasteiger partial charge >= 0.3 is 5.63 Å². The van der Waals surface area contributed by atoms with Gasteiger partial charge in [0.05, 0.1) is 6.61 Å². The summed E-state index contributed by atoms with van der Waals surface area (Å²) in [6.45, 7) is 3.25. The molecule has 4 heteroatoms. The second-order valence-corrected chi connectivity index (χ2v) is 6.08. The van der Waals surface area contributed by atoms with Gasteiger partial charge in [-0.25, -0.2) is 4.79 Å². The first kappa shape index (κ1) is 15.0. The Morgan fingerprint density at radius 2 is 1.96 bits per heavy atom. The van der Waals surface area contributed by atoms with Crippen LogP contribution in [0.3, 0.4) is 0 Å².